The van der Waals surface area contributed by atoms with Gasteiger partial charge in [-0.05, 0) is 25.7 Å². The van der Waals surface area contributed by atoms with Gasteiger partial charge in [-0.2, -0.15) is 15.0 Å². The van der Waals surface area contributed by atoms with Crippen LogP contribution in [0.2, 0.25) is 0 Å². The molecule has 2 N–H and O–H groups in total. The van der Waals surface area contributed by atoms with Gasteiger partial charge < -0.3 is 15.4 Å². The molecular weight excluding hydrogens is 206 g/mol. The molecule has 88 valence electrons. The van der Waals surface area contributed by atoms with Crippen molar-refractivity contribution >= 4 is 11.9 Å². The van der Waals surface area contributed by atoms with Crippen LogP contribution in [-0.2, 0) is 0 Å². The Morgan fingerprint density at radius 3 is 2.62 bits per heavy atom. The van der Waals surface area contributed by atoms with E-state index in [1.165, 1.54) is 20.0 Å². The highest BCUT2D eigenvalue weighted by atomic mass is 16.5. The summed E-state index contributed by atoms with van der Waals surface area (Å²) in [5, 5.41) is 0. The number of nitrogens with two attached hydrogens (primary N) is 1. The zero-order valence-corrected chi connectivity index (χ0v) is 9.84. The van der Waals surface area contributed by atoms with Crippen molar-refractivity contribution in [2.45, 2.75) is 25.8 Å². The highest BCUT2D eigenvalue weighted by molar-refractivity contribution is 5.36. The molecule has 1 aliphatic carbocycles. The van der Waals surface area contributed by atoms with Crippen molar-refractivity contribution in [3.63, 3.8) is 0 Å². The van der Waals surface area contributed by atoms with Crippen molar-refractivity contribution in [1.29, 1.82) is 0 Å². The quantitative estimate of drug-likeness (QED) is 0.809. The molecule has 1 unspecified atom stereocenters. The minimum atomic E-state index is 0.191. The van der Waals surface area contributed by atoms with Crippen LogP contribution in [0.15, 0.2) is 0 Å². The zero-order valence-electron chi connectivity index (χ0n) is 9.84. The summed E-state index contributed by atoms with van der Waals surface area (Å²) in [6, 6.07) is 0.684. The maximum absolute atomic E-state index is 5.60. The molecule has 1 saturated carbocycles. The molecule has 1 aliphatic rings. The van der Waals surface area contributed by atoms with Crippen molar-refractivity contribution in [3.8, 4) is 6.01 Å². The summed E-state index contributed by atoms with van der Waals surface area (Å²) in [5.41, 5.74) is 5.60. The van der Waals surface area contributed by atoms with E-state index in [9.17, 15) is 0 Å². The van der Waals surface area contributed by atoms with Crippen LogP contribution < -0.4 is 15.4 Å². The van der Waals surface area contributed by atoms with Gasteiger partial charge in [-0.15, -0.1) is 0 Å². The fourth-order valence-electron chi connectivity index (χ4n) is 1.69. The number of ether oxygens (including phenoxy) is 1. The number of hydrogen-bond donors (Lipinski definition) is 1. The molecule has 16 heavy (non-hydrogen) atoms. The number of methoxy groups -OCH3 is 1. The fourth-order valence-corrected chi connectivity index (χ4v) is 1.69. The maximum atomic E-state index is 5.60. The molecule has 1 atom stereocenters. The third kappa shape index (κ3) is 2.15. The topological polar surface area (TPSA) is 77.2 Å². The van der Waals surface area contributed by atoms with Crippen LogP contribution in [-0.4, -0.2) is 35.2 Å². The number of nitrogen functional groups attached to an aromatic ring is 1. The van der Waals surface area contributed by atoms with E-state index in [1.807, 2.05) is 11.9 Å². The summed E-state index contributed by atoms with van der Waals surface area (Å²) in [4.78, 5) is 14.2. The second kappa shape index (κ2) is 4.11. The monoisotopic (exact) mass is 223 g/mol. The van der Waals surface area contributed by atoms with E-state index in [2.05, 4.69) is 21.9 Å². The van der Waals surface area contributed by atoms with Crippen LogP contribution in [0.1, 0.15) is 19.8 Å². The van der Waals surface area contributed by atoms with E-state index in [-0.39, 0.29) is 12.0 Å². The Kier molecular flexibility index (Phi) is 2.80. The number of nitrogens with zero attached hydrogens (tertiary/aromatic N) is 4. The van der Waals surface area contributed by atoms with Gasteiger partial charge in [-0.1, -0.05) is 0 Å². The molecule has 0 spiro atoms. The Morgan fingerprint density at radius 1 is 1.38 bits per heavy atom. The van der Waals surface area contributed by atoms with Crippen LogP contribution in [0.3, 0.4) is 0 Å². The number of anilines is 2. The molecule has 6 nitrogen and oxygen atoms in total. The van der Waals surface area contributed by atoms with Crippen molar-refractivity contribution in [1.82, 2.24) is 15.0 Å². The van der Waals surface area contributed by atoms with Gasteiger partial charge in [0.25, 0.3) is 0 Å². The van der Waals surface area contributed by atoms with Crippen LogP contribution >= 0.6 is 0 Å². The Hall–Kier alpha value is -1.59. The molecular formula is C10H17N5O. The molecule has 0 amide bonds. The number of rotatable bonds is 4. The van der Waals surface area contributed by atoms with Gasteiger partial charge in [-0.3, -0.25) is 0 Å². The SMILES string of the molecule is COc1nc(N)nc(N(C)C(C)C2CC2)n1. The summed E-state index contributed by atoms with van der Waals surface area (Å²) in [5.74, 6) is 1.51. The first-order chi connectivity index (χ1) is 7.61. The average molecular weight is 223 g/mol. The molecule has 1 aromatic rings. The maximum Gasteiger partial charge on any atom is 0.322 e. The lowest BCUT2D eigenvalue weighted by molar-refractivity contribution is 0.378. The lowest BCUT2D eigenvalue weighted by Crippen LogP contribution is -2.32. The normalized spacial score (nSPS) is 16.9. The third-order valence-corrected chi connectivity index (χ3v) is 3.03. The zero-order chi connectivity index (χ0) is 11.7. The van der Waals surface area contributed by atoms with Gasteiger partial charge in [0.05, 0.1) is 7.11 Å². The molecule has 0 aliphatic heterocycles. The van der Waals surface area contributed by atoms with Gasteiger partial charge in [0.1, 0.15) is 0 Å². The largest absolute Gasteiger partial charge is 0.467 e. The lowest BCUT2D eigenvalue weighted by Gasteiger charge is -2.24. The molecule has 6 heteroatoms. The summed E-state index contributed by atoms with van der Waals surface area (Å²) >= 11 is 0. The second-order valence-electron chi connectivity index (χ2n) is 4.17. The minimum absolute atomic E-state index is 0.191. The van der Waals surface area contributed by atoms with Gasteiger partial charge in [0, 0.05) is 13.1 Å². The van der Waals surface area contributed by atoms with Crippen molar-refractivity contribution in [2.75, 3.05) is 24.8 Å². The molecule has 0 bridgehead atoms. The smallest absolute Gasteiger partial charge is 0.322 e. The predicted molar refractivity (Wildman–Crippen MR) is 61.4 cm³/mol. The van der Waals surface area contributed by atoms with Gasteiger partial charge in [0.2, 0.25) is 11.9 Å². The Bertz CT molecular complexity index is 379. The van der Waals surface area contributed by atoms with E-state index in [0.29, 0.717) is 12.0 Å². The Labute approximate surface area is 94.9 Å². The molecule has 0 radical (unpaired) electrons. The van der Waals surface area contributed by atoms with Crippen LogP contribution in [0.5, 0.6) is 6.01 Å². The van der Waals surface area contributed by atoms with Gasteiger partial charge >= 0.3 is 6.01 Å². The first-order valence-corrected chi connectivity index (χ1v) is 5.40. The minimum Gasteiger partial charge on any atom is -0.467 e. The van der Waals surface area contributed by atoms with Crippen molar-refractivity contribution in [3.05, 3.63) is 0 Å². The predicted octanol–water partition coefficient (Wildman–Crippen LogP) is 0.697. The molecule has 1 aromatic heterocycles. The lowest BCUT2D eigenvalue weighted by atomic mass is 10.2. The van der Waals surface area contributed by atoms with Crippen LogP contribution in [0.4, 0.5) is 11.9 Å². The van der Waals surface area contributed by atoms with E-state index in [4.69, 9.17) is 10.5 Å². The van der Waals surface area contributed by atoms with E-state index in [0.717, 1.165) is 5.92 Å². The van der Waals surface area contributed by atoms with Crippen LogP contribution in [0.25, 0.3) is 0 Å². The number of aromatic nitrogens is 3. The van der Waals surface area contributed by atoms with E-state index < -0.39 is 0 Å². The number of hydrogen-bond acceptors (Lipinski definition) is 6. The van der Waals surface area contributed by atoms with Crippen molar-refractivity contribution < 1.29 is 4.74 Å². The van der Waals surface area contributed by atoms with E-state index in [1.54, 1.807) is 0 Å². The van der Waals surface area contributed by atoms with Gasteiger partial charge in [0.15, 0.2) is 0 Å². The third-order valence-electron chi connectivity index (χ3n) is 3.03. The fraction of sp³-hybridized carbons (Fsp3) is 0.700. The summed E-state index contributed by atoms with van der Waals surface area (Å²) in [7, 11) is 3.49. The van der Waals surface area contributed by atoms with Gasteiger partial charge in [-0.25, -0.2) is 0 Å². The average Bonchev–Trinajstić information content (AvgIpc) is 3.10. The summed E-state index contributed by atoms with van der Waals surface area (Å²) < 4.78 is 4.97. The highest BCUT2D eigenvalue weighted by Gasteiger charge is 2.31. The first-order valence-electron chi connectivity index (χ1n) is 5.40. The van der Waals surface area contributed by atoms with Crippen molar-refractivity contribution in [2.24, 2.45) is 5.92 Å². The molecule has 0 saturated heterocycles. The summed E-state index contributed by atoms with van der Waals surface area (Å²) in [6.45, 7) is 2.17. The molecule has 0 aromatic carbocycles. The highest BCUT2D eigenvalue weighted by Crippen LogP contribution is 2.35. The Morgan fingerprint density at radius 2 is 2.06 bits per heavy atom. The first kappa shape index (κ1) is 10.9. The van der Waals surface area contributed by atoms with Crippen LogP contribution in [0, 0.1) is 5.92 Å². The Balaban J connectivity index is 2.20. The summed E-state index contributed by atoms with van der Waals surface area (Å²) in [6.07, 6.45) is 2.56. The standard InChI is InChI=1S/C10H17N5O/c1-6(7-4-5-7)15(2)9-12-8(11)13-10(14-9)16-3/h6-7H,4-5H2,1-3H3,(H2,11,12,13,14). The molecule has 1 fully saturated rings. The second-order valence-corrected chi connectivity index (χ2v) is 4.17. The molecule has 2 rings (SSSR count). The van der Waals surface area contributed by atoms with E-state index >= 15 is 0 Å². The molecule has 1 heterocycles.